The predicted octanol–water partition coefficient (Wildman–Crippen LogP) is -3.36. The van der Waals surface area contributed by atoms with Crippen LogP contribution in [0.2, 0.25) is 0 Å². The lowest BCUT2D eigenvalue weighted by Crippen LogP contribution is -2.60. The van der Waals surface area contributed by atoms with E-state index in [2.05, 4.69) is 0 Å². The fraction of sp³-hybridized carbons (Fsp3) is 0.531. The summed E-state index contributed by atoms with van der Waals surface area (Å²) in [5, 5.41) is 102. The second kappa shape index (κ2) is 14.4. The summed E-state index contributed by atoms with van der Waals surface area (Å²) in [5.41, 5.74) is -5.01. The Morgan fingerprint density at radius 1 is 0.824 bits per heavy atom. The van der Waals surface area contributed by atoms with Gasteiger partial charge in [0.15, 0.2) is 12.1 Å². The zero-order valence-corrected chi connectivity index (χ0v) is 26.8. The number of aromatic hydroxyl groups is 1. The molecule has 0 bridgehead atoms. The van der Waals surface area contributed by atoms with Gasteiger partial charge in [0.25, 0.3) is 0 Å². The molecule has 0 amide bonds. The van der Waals surface area contributed by atoms with Gasteiger partial charge < -0.3 is 88.6 Å². The molecular formula is C32H38O19. The Balaban J connectivity index is 1.27. The van der Waals surface area contributed by atoms with Gasteiger partial charge in [0.1, 0.15) is 76.0 Å². The number of phenolic OH excluding ortho intramolecular Hbond substituents is 1. The molecular weight excluding hydrogens is 688 g/mol. The molecule has 3 aliphatic rings. The summed E-state index contributed by atoms with van der Waals surface area (Å²) in [5.74, 6) is -1.07. The van der Waals surface area contributed by atoms with Crippen LogP contribution in [0.4, 0.5) is 0 Å². The minimum atomic E-state index is -2.18. The molecule has 0 unspecified atom stereocenters. The Morgan fingerprint density at radius 3 is 2.14 bits per heavy atom. The highest BCUT2D eigenvalue weighted by molar-refractivity contribution is 5.88. The fourth-order valence-electron chi connectivity index (χ4n) is 5.82. The van der Waals surface area contributed by atoms with Crippen LogP contribution in [0.15, 0.2) is 45.6 Å². The van der Waals surface area contributed by atoms with E-state index in [9.17, 15) is 55.9 Å². The maximum absolute atomic E-state index is 13.9. The lowest BCUT2D eigenvalue weighted by molar-refractivity contribution is -0.277. The second-order valence-corrected chi connectivity index (χ2v) is 12.5. The van der Waals surface area contributed by atoms with Gasteiger partial charge in [0, 0.05) is 17.7 Å². The van der Waals surface area contributed by atoms with Gasteiger partial charge in [-0.05, 0) is 24.3 Å². The van der Waals surface area contributed by atoms with Crippen LogP contribution in [-0.2, 0) is 18.9 Å². The molecule has 3 fully saturated rings. The Hall–Kier alpha value is -3.67. The number of fused-ring (bicyclic) bond motifs is 1. The highest BCUT2D eigenvalue weighted by atomic mass is 16.7. The summed E-state index contributed by atoms with van der Waals surface area (Å²) in [6, 6.07) is 8.08. The van der Waals surface area contributed by atoms with Crippen LogP contribution in [0.5, 0.6) is 23.0 Å². The molecule has 51 heavy (non-hydrogen) atoms. The molecule has 280 valence electrons. The summed E-state index contributed by atoms with van der Waals surface area (Å²) in [7, 11) is 1.33. The van der Waals surface area contributed by atoms with E-state index in [0.29, 0.717) is 0 Å². The zero-order chi connectivity index (χ0) is 36.8. The number of rotatable bonds is 11. The van der Waals surface area contributed by atoms with Crippen LogP contribution in [-0.4, -0.2) is 158 Å². The third kappa shape index (κ3) is 6.84. The minimum Gasteiger partial charge on any atom is -0.507 e. The van der Waals surface area contributed by atoms with E-state index < -0.39 is 117 Å². The minimum absolute atomic E-state index is 0.0846. The van der Waals surface area contributed by atoms with Gasteiger partial charge >= 0.3 is 0 Å². The maximum Gasteiger partial charge on any atom is 0.239 e. The molecule has 2 aromatic carbocycles. The van der Waals surface area contributed by atoms with E-state index in [4.69, 9.17) is 37.6 Å². The summed E-state index contributed by atoms with van der Waals surface area (Å²) in [6.07, 6.45) is -14.4. The molecule has 19 heteroatoms. The van der Waals surface area contributed by atoms with Crippen molar-refractivity contribution in [2.75, 3.05) is 40.1 Å². The first-order valence-corrected chi connectivity index (χ1v) is 15.6. The number of ether oxygens (including phenoxy) is 7. The van der Waals surface area contributed by atoms with Crippen molar-refractivity contribution in [3.63, 3.8) is 0 Å². The lowest BCUT2D eigenvalue weighted by Gasteiger charge is -2.39. The zero-order valence-electron chi connectivity index (χ0n) is 26.8. The molecule has 3 saturated heterocycles. The average molecular weight is 727 g/mol. The molecule has 1 aromatic heterocycles. The van der Waals surface area contributed by atoms with Crippen LogP contribution in [0, 0.1) is 0 Å². The number of phenols is 1. The van der Waals surface area contributed by atoms with Crippen LogP contribution in [0.1, 0.15) is 0 Å². The fourth-order valence-corrected chi connectivity index (χ4v) is 5.82. The summed E-state index contributed by atoms with van der Waals surface area (Å²) in [6.45, 7) is -3.24. The van der Waals surface area contributed by atoms with Gasteiger partial charge in [-0.3, -0.25) is 4.79 Å². The molecule has 0 radical (unpaired) electrons. The summed E-state index contributed by atoms with van der Waals surface area (Å²) >= 11 is 0. The summed E-state index contributed by atoms with van der Waals surface area (Å²) in [4.78, 5) is 13.9. The number of hydrogen-bond acceptors (Lipinski definition) is 19. The molecule has 0 saturated carbocycles. The summed E-state index contributed by atoms with van der Waals surface area (Å²) < 4.78 is 44.1. The SMILES string of the molecule is COc1cc(O)c2c(=O)c(O[C@@H]3OC[C@@](O)(CO[C@@H]4OC[C@@](O)(CO)[C@@H]4O)[C@@H]3O)c(-c3ccc(O[C@@H]4O[C@H](CO)[C@H](O)[C@H](O)[C@H]4O)cc3)oc2c1. The van der Waals surface area contributed by atoms with Crippen LogP contribution < -0.4 is 19.6 Å². The molecule has 3 aliphatic heterocycles. The van der Waals surface area contributed by atoms with Gasteiger partial charge in [-0.25, -0.2) is 0 Å². The van der Waals surface area contributed by atoms with Crippen molar-refractivity contribution < 1.29 is 88.6 Å². The van der Waals surface area contributed by atoms with Gasteiger partial charge in [-0.2, -0.15) is 0 Å². The maximum atomic E-state index is 13.9. The number of aliphatic hydroxyl groups excluding tert-OH is 7. The number of aliphatic hydroxyl groups is 9. The van der Waals surface area contributed by atoms with Crippen molar-refractivity contribution in [2.24, 2.45) is 0 Å². The van der Waals surface area contributed by atoms with E-state index in [1.165, 1.54) is 43.5 Å². The standard InChI is InChI=1S/C32H38O19/c1-44-15-6-16(35)19-17(7-15)49-24(13-2-4-14(5-3-13)48-28-23(39)22(38)20(36)18(8-33)50-28)25(21(19)37)51-30-27(41)32(43,12-47-30)11-46-29-26(40)31(42,9-34)10-45-29/h2-7,18,20,22-23,26-30,33-36,38-43H,8-12H2,1H3/t18-,20+,22+,23-,26-,27-,28-,29+,30+,31+,32+/m1/s1. The van der Waals surface area contributed by atoms with Crippen molar-refractivity contribution in [3.8, 4) is 34.3 Å². The molecule has 3 aromatic rings. The molecule has 10 N–H and O–H groups in total. The van der Waals surface area contributed by atoms with Crippen molar-refractivity contribution >= 4 is 11.0 Å². The molecule has 0 spiro atoms. The normalized spacial score (nSPS) is 35.3. The molecule has 4 heterocycles. The highest BCUT2D eigenvalue weighted by Crippen LogP contribution is 2.39. The predicted molar refractivity (Wildman–Crippen MR) is 166 cm³/mol. The second-order valence-electron chi connectivity index (χ2n) is 12.5. The van der Waals surface area contributed by atoms with Crippen LogP contribution in [0.25, 0.3) is 22.3 Å². The quantitative estimate of drug-likeness (QED) is 0.0923. The van der Waals surface area contributed by atoms with Crippen molar-refractivity contribution in [2.45, 2.75) is 66.7 Å². The highest BCUT2D eigenvalue weighted by Gasteiger charge is 2.53. The lowest BCUT2D eigenvalue weighted by atomic mass is 9.99. The Labute approximate surface area is 287 Å². The first-order valence-electron chi connectivity index (χ1n) is 15.6. The van der Waals surface area contributed by atoms with Gasteiger partial charge in [0.2, 0.25) is 23.8 Å². The molecule has 11 atom stereocenters. The topological polar surface area (TPSA) is 297 Å². The van der Waals surface area contributed by atoms with Gasteiger partial charge in [-0.1, -0.05) is 0 Å². The third-order valence-electron chi connectivity index (χ3n) is 8.98. The smallest absolute Gasteiger partial charge is 0.239 e. The Bertz CT molecular complexity index is 1750. The van der Waals surface area contributed by atoms with E-state index >= 15 is 0 Å². The first kappa shape index (κ1) is 37.1. The molecule has 6 rings (SSSR count). The van der Waals surface area contributed by atoms with E-state index in [-0.39, 0.29) is 33.8 Å². The number of methoxy groups -OCH3 is 1. The van der Waals surface area contributed by atoms with Crippen molar-refractivity contribution in [3.05, 3.63) is 46.6 Å². The number of hydrogen-bond donors (Lipinski definition) is 10. The molecule has 19 nitrogen and oxygen atoms in total. The van der Waals surface area contributed by atoms with Crippen molar-refractivity contribution in [1.82, 2.24) is 0 Å². The third-order valence-corrected chi connectivity index (χ3v) is 8.98. The Kier molecular flexibility index (Phi) is 10.5. The molecule has 0 aliphatic carbocycles. The van der Waals surface area contributed by atoms with Gasteiger partial charge in [-0.15, -0.1) is 0 Å². The van der Waals surface area contributed by atoms with E-state index in [0.717, 1.165) is 0 Å². The monoisotopic (exact) mass is 726 g/mol. The largest absolute Gasteiger partial charge is 0.507 e. The average Bonchev–Trinajstić information content (AvgIpc) is 3.58. The Morgan fingerprint density at radius 2 is 1.49 bits per heavy atom. The van der Waals surface area contributed by atoms with E-state index in [1.54, 1.807) is 0 Å². The van der Waals surface area contributed by atoms with Crippen LogP contribution >= 0.6 is 0 Å². The van der Waals surface area contributed by atoms with Crippen LogP contribution in [0.3, 0.4) is 0 Å². The van der Waals surface area contributed by atoms with E-state index in [1.807, 2.05) is 0 Å². The van der Waals surface area contributed by atoms with Gasteiger partial charge in [0.05, 0.1) is 40.1 Å². The number of benzene rings is 2. The first-order chi connectivity index (χ1) is 24.2. The van der Waals surface area contributed by atoms with Crippen molar-refractivity contribution in [1.29, 1.82) is 0 Å².